The molecule has 0 radical (unpaired) electrons. The van der Waals surface area contributed by atoms with Crippen LogP contribution < -0.4 is 11.3 Å². The van der Waals surface area contributed by atoms with E-state index in [9.17, 15) is 9.59 Å². The first-order chi connectivity index (χ1) is 21.2. The minimum atomic E-state index is -0.606. The van der Waals surface area contributed by atoms with Crippen molar-refractivity contribution in [2.75, 3.05) is 0 Å². The molecule has 236 valence electrons. The average molecular weight is 612 g/mol. The summed E-state index contributed by atoms with van der Waals surface area (Å²) in [6, 6.07) is 15.7. The number of benzene rings is 2. The molecule has 45 heavy (non-hydrogen) atoms. The number of aromatic nitrogens is 6. The number of nitrogens with zero attached hydrogens (tertiary/aromatic N) is 6. The Morgan fingerprint density at radius 3 is 2.29 bits per heavy atom. The van der Waals surface area contributed by atoms with E-state index in [1.165, 1.54) is 0 Å². The van der Waals surface area contributed by atoms with Crippen molar-refractivity contribution in [3.63, 3.8) is 0 Å². The van der Waals surface area contributed by atoms with Gasteiger partial charge in [-0.25, -0.2) is 9.31 Å². The third-order valence-electron chi connectivity index (χ3n) is 7.40. The highest BCUT2D eigenvalue weighted by molar-refractivity contribution is 5.89. The normalized spacial score (nSPS) is 12.7. The molecule has 0 unspecified atom stereocenters. The van der Waals surface area contributed by atoms with E-state index in [2.05, 4.69) is 48.0 Å². The van der Waals surface area contributed by atoms with Crippen LogP contribution in [0.1, 0.15) is 77.5 Å². The molecule has 3 aromatic heterocycles. The average Bonchev–Trinajstić information content (AvgIpc) is 3.58. The van der Waals surface area contributed by atoms with Gasteiger partial charge in [0.1, 0.15) is 11.4 Å². The van der Waals surface area contributed by atoms with Gasteiger partial charge >= 0.3 is 5.76 Å². The number of H-pyrrole nitrogens is 1. The minimum Gasteiger partial charge on any atom is -0.390 e. The molecule has 0 saturated heterocycles. The van der Waals surface area contributed by atoms with E-state index in [0.29, 0.717) is 35.8 Å². The summed E-state index contributed by atoms with van der Waals surface area (Å²) in [5, 5.41) is 13.1. The summed E-state index contributed by atoms with van der Waals surface area (Å²) >= 11 is 0. The fourth-order valence-corrected chi connectivity index (χ4v) is 5.12. The molecule has 5 rings (SSSR count). The Labute approximate surface area is 262 Å². The van der Waals surface area contributed by atoms with E-state index in [1.54, 1.807) is 4.57 Å². The minimum absolute atomic E-state index is 0.115. The Balaban J connectivity index is 1.58. The van der Waals surface area contributed by atoms with Gasteiger partial charge in [-0.3, -0.25) is 18.9 Å². The number of rotatable bonds is 9. The third kappa shape index (κ3) is 6.97. The van der Waals surface area contributed by atoms with Crippen molar-refractivity contribution in [2.45, 2.75) is 86.8 Å². The molecule has 0 spiro atoms. The zero-order valence-corrected chi connectivity index (χ0v) is 27.3. The zero-order valence-electron chi connectivity index (χ0n) is 27.3. The molecular formula is C34H41N7O4. The van der Waals surface area contributed by atoms with Gasteiger partial charge < -0.3 is 4.84 Å². The molecule has 0 bridgehead atoms. The summed E-state index contributed by atoms with van der Waals surface area (Å²) < 4.78 is 8.23. The first-order valence-electron chi connectivity index (χ1n) is 15.2. The third-order valence-corrected chi connectivity index (χ3v) is 7.40. The monoisotopic (exact) mass is 611 g/mol. The Bertz CT molecular complexity index is 1960. The molecule has 11 nitrogen and oxygen atoms in total. The molecule has 11 heteroatoms. The Morgan fingerprint density at radius 1 is 1.00 bits per heavy atom. The fourth-order valence-electron chi connectivity index (χ4n) is 5.12. The highest BCUT2D eigenvalue weighted by Gasteiger charge is 2.26. The van der Waals surface area contributed by atoms with Crippen molar-refractivity contribution in [1.29, 1.82) is 0 Å². The lowest BCUT2D eigenvalue weighted by molar-refractivity contribution is -0.000987. The van der Waals surface area contributed by atoms with Crippen LogP contribution in [0.25, 0.3) is 28.3 Å². The second-order valence-corrected chi connectivity index (χ2v) is 13.3. The predicted octanol–water partition coefficient (Wildman–Crippen LogP) is 5.97. The smallest absolute Gasteiger partial charge is 0.390 e. The van der Waals surface area contributed by atoms with Gasteiger partial charge in [-0.2, -0.15) is 10.1 Å². The van der Waals surface area contributed by atoms with Gasteiger partial charge in [0.2, 0.25) is 5.78 Å². The first-order valence-corrected chi connectivity index (χ1v) is 15.2. The zero-order chi connectivity index (χ0) is 32.5. The number of aromatic amines is 1. The summed E-state index contributed by atoms with van der Waals surface area (Å²) in [5.74, 6) is 0.849. The van der Waals surface area contributed by atoms with Gasteiger partial charge in [0.05, 0.1) is 18.0 Å². The Hall–Kier alpha value is -4.80. The topological polar surface area (TPSA) is 133 Å². The van der Waals surface area contributed by atoms with Crippen molar-refractivity contribution < 1.29 is 9.36 Å². The van der Waals surface area contributed by atoms with Crippen LogP contribution in [-0.4, -0.2) is 40.6 Å². The van der Waals surface area contributed by atoms with Crippen molar-refractivity contribution in [2.24, 2.45) is 10.6 Å². The van der Waals surface area contributed by atoms with Gasteiger partial charge in [0.25, 0.3) is 5.56 Å². The molecule has 5 aromatic rings. The summed E-state index contributed by atoms with van der Waals surface area (Å²) in [7, 11) is 0. The number of hydrogen-bond acceptors (Lipinski definition) is 8. The van der Waals surface area contributed by atoms with Crippen LogP contribution in [0.3, 0.4) is 0 Å². The first kappa shape index (κ1) is 31.6. The SMILES string of the molecule is CCCc1c(Cc2ccc(-c3ccccc3-c3noc(=O)[nH]3)cc2)c(=O)n(C/C(=N/OC(C)(C)C)C(C)(C)C)c2nc(C)nn12. The lowest BCUT2D eigenvalue weighted by Crippen LogP contribution is -2.35. The van der Waals surface area contributed by atoms with Gasteiger partial charge in [0.15, 0.2) is 5.82 Å². The van der Waals surface area contributed by atoms with E-state index in [1.807, 2.05) is 80.7 Å². The van der Waals surface area contributed by atoms with Crippen LogP contribution in [-0.2, 0) is 24.2 Å². The van der Waals surface area contributed by atoms with E-state index in [4.69, 9.17) is 14.5 Å². The maximum Gasteiger partial charge on any atom is 0.439 e. The van der Waals surface area contributed by atoms with Crippen molar-refractivity contribution in [3.05, 3.63) is 92.1 Å². The molecule has 0 saturated carbocycles. The molecule has 0 aliphatic heterocycles. The van der Waals surface area contributed by atoms with Crippen LogP contribution >= 0.6 is 0 Å². The van der Waals surface area contributed by atoms with Gasteiger partial charge in [-0.15, -0.1) is 0 Å². The highest BCUT2D eigenvalue weighted by atomic mass is 16.6. The quantitative estimate of drug-likeness (QED) is 0.160. The van der Waals surface area contributed by atoms with E-state index >= 15 is 0 Å². The van der Waals surface area contributed by atoms with E-state index < -0.39 is 11.4 Å². The molecular weight excluding hydrogens is 570 g/mol. The van der Waals surface area contributed by atoms with Crippen LogP contribution in [0, 0.1) is 12.3 Å². The lowest BCUT2D eigenvalue weighted by Gasteiger charge is -2.25. The second-order valence-electron chi connectivity index (χ2n) is 13.3. The Kier molecular flexibility index (Phi) is 8.64. The van der Waals surface area contributed by atoms with Gasteiger partial charge in [0, 0.05) is 23.0 Å². The summed E-state index contributed by atoms with van der Waals surface area (Å²) in [4.78, 5) is 39.1. The molecule has 0 amide bonds. The molecule has 0 atom stereocenters. The van der Waals surface area contributed by atoms with Crippen LogP contribution in [0.5, 0.6) is 0 Å². The van der Waals surface area contributed by atoms with Gasteiger partial charge in [-0.1, -0.05) is 93.0 Å². The van der Waals surface area contributed by atoms with E-state index in [-0.39, 0.29) is 17.5 Å². The standard InChI is InChI=1S/C34H41N7O4/c1-9-12-27-26(19-22-15-17-23(18-16-22)24-13-10-11-14-25(24)29-36-32(43)44-39-29)30(42)40(31-35-21(2)37-41(27)31)20-28(33(3,4)5)38-45-34(6,7)8/h10-11,13-18H,9,12,19-20H2,1-8H3,(H,36,39,43)/b38-28-. The molecule has 0 fully saturated rings. The van der Waals surface area contributed by atoms with Crippen LogP contribution in [0.4, 0.5) is 0 Å². The van der Waals surface area contributed by atoms with Crippen molar-refractivity contribution in [3.8, 4) is 22.5 Å². The number of oxime groups is 1. The highest BCUT2D eigenvalue weighted by Crippen LogP contribution is 2.30. The Morgan fingerprint density at radius 2 is 1.69 bits per heavy atom. The lowest BCUT2D eigenvalue weighted by atomic mass is 9.90. The maximum absolute atomic E-state index is 14.4. The summed E-state index contributed by atoms with van der Waals surface area (Å²) in [6.07, 6.45) is 1.94. The summed E-state index contributed by atoms with van der Waals surface area (Å²) in [6.45, 7) is 16.2. The van der Waals surface area contributed by atoms with Gasteiger partial charge in [-0.05, 0) is 50.8 Å². The van der Waals surface area contributed by atoms with Crippen molar-refractivity contribution >= 4 is 11.5 Å². The molecule has 2 aromatic carbocycles. The number of aryl methyl sites for hydroxylation is 2. The fraction of sp³-hybridized carbons (Fsp3) is 0.412. The predicted molar refractivity (Wildman–Crippen MR) is 175 cm³/mol. The number of hydrogen-bond donors (Lipinski definition) is 1. The number of nitrogens with one attached hydrogen (secondary N) is 1. The largest absolute Gasteiger partial charge is 0.439 e. The van der Waals surface area contributed by atoms with Crippen LogP contribution in [0.2, 0.25) is 0 Å². The summed E-state index contributed by atoms with van der Waals surface area (Å²) in [5.41, 5.74) is 4.88. The molecule has 0 aliphatic rings. The molecule has 3 heterocycles. The number of fused-ring (bicyclic) bond motifs is 1. The van der Waals surface area contributed by atoms with Crippen molar-refractivity contribution in [1.82, 2.24) is 29.3 Å². The maximum atomic E-state index is 14.4. The molecule has 1 N–H and O–H groups in total. The van der Waals surface area contributed by atoms with Crippen LogP contribution in [0.15, 0.2) is 67.8 Å². The molecule has 0 aliphatic carbocycles. The van der Waals surface area contributed by atoms with E-state index in [0.717, 1.165) is 40.1 Å². The second kappa shape index (κ2) is 12.3.